The van der Waals surface area contributed by atoms with Gasteiger partial charge in [-0.1, -0.05) is 19.4 Å². The maximum atomic E-state index is 5.93. The fourth-order valence-electron chi connectivity index (χ4n) is 1.92. The summed E-state index contributed by atoms with van der Waals surface area (Å²) in [6.07, 6.45) is 3.46. The molecule has 0 aliphatic carbocycles. The van der Waals surface area contributed by atoms with Crippen LogP contribution >= 0.6 is 22.6 Å². The van der Waals surface area contributed by atoms with Crippen LogP contribution < -0.4 is 10.1 Å². The van der Waals surface area contributed by atoms with Gasteiger partial charge < -0.3 is 10.1 Å². The van der Waals surface area contributed by atoms with Gasteiger partial charge in [0.25, 0.3) is 0 Å². The second-order valence-corrected chi connectivity index (χ2v) is 5.59. The third-order valence-corrected chi connectivity index (χ3v) is 3.43. The van der Waals surface area contributed by atoms with Crippen LogP contribution in [0, 0.1) is 3.57 Å². The second-order valence-electron chi connectivity index (χ2n) is 4.35. The fourth-order valence-corrected chi connectivity index (χ4v) is 2.44. The summed E-state index contributed by atoms with van der Waals surface area (Å²) in [5.74, 6) is 2.31. The Bertz CT molecular complexity index is 575. The first-order valence-electron chi connectivity index (χ1n) is 6.75. The summed E-state index contributed by atoms with van der Waals surface area (Å²) >= 11 is 2.27. The highest BCUT2D eigenvalue weighted by molar-refractivity contribution is 14.1. The Morgan fingerprint density at radius 2 is 2.10 bits per heavy atom. The summed E-state index contributed by atoms with van der Waals surface area (Å²) in [7, 11) is 0. The quantitative estimate of drug-likeness (QED) is 0.758. The van der Waals surface area contributed by atoms with E-state index in [1.54, 1.807) is 6.33 Å². The van der Waals surface area contributed by atoms with Gasteiger partial charge in [0, 0.05) is 10.1 Å². The highest BCUT2D eigenvalue weighted by Gasteiger charge is 2.12. The molecule has 0 bridgehead atoms. The van der Waals surface area contributed by atoms with Crippen molar-refractivity contribution in [2.45, 2.75) is 26.7 Å². The van der Waals surface area contributed by atoms with E-state index in [2.05, 4.69) is 51.7 Å². The third kappa shape index (κ3) is 3.82. The lowest BCUT2D eigenvalue weighted by atomic mass is 10.1. The Morgan fingerprint density at radius 1 is 1.25 bits per heavy atom. The number of nitrogens with zero attached hydrogens (tertiary/aromatic N) is 2. The minimum absolute atomic E-state index is 0.639. The molecule has 1 N–H and O–H groups in total. The van der Waals surface area contributed by atoms with Crippen molar-refractivity contribution < 1.29 is 4.74 Å². The predicted octanol–water partition coefficient (Wildman–Crippen LogP) is 4.26. The molecule has 2 aromatic rings. The average Bonchev–Trinajstić information content (AvgIpc) is 2.43. The fraction of sp³-hybridized carbons (Fsp3) is 0.333. The number of halogens is 1. The lowest BCUT2D eigenvalue weighted by molar-refractivity contribution is 0.454. The van der Waals surface area contributed by atoms with Crippen LogP contribution in [0.15, 0.2) is 30.6 Å². The summed E-state index contributed by atoms with van der Waals surface area (Å²) in [6.45, 7) is 5.02. The molecule has 0 unspecified atom stereocenters. The minimum atomic E-state index is 0.639. The third-order valence-electron chi connectivity index (χ3n) is 2.76. The van der Waals surface area contributed by atoms with E-state index in [1.165, 1.54) is 0 Å². The van der Waals surface area contributed by atoms with E-state index in [9.17, 15) is 0 Å². The summed E-state index contributed by atoms with van der Waals surface area (Å²) in [5.41, 5.74) is 1.04. The number of hydrogen-bond donors (Lipinski definition) is 1. The molecule has 1 heterocycles. The molecular weight excluding hydrogens is 365 g/mol. The molecular formula is C15H18IN3O. The van der Waals surface area contributed by atoms with Crippen LogP contribution in [0.25, 0.3) is 0 Å². The molecule has 0 fully saturated rings. The zero-order valence-electron chi connectivity index (χ0n) is 11.7. The molecule has 0 spiro atoms. The summed E-state index contributed by atoms with van der Waals surface area (Å²) < 4.78 is 7.07. The molecule has 0 amide bonds. The van der Waals surface area contributed by atoms with Crippen LogP contribution in [0.1, 0.15) is 25.8 Å². The molecule has 0 saturated carbocycles. The number of ether oxygens (including phenoxy) is 1. The van der Waals surface area contributed by atoms with Gasteiger partial charge in [-0.25, -0.2) is 9.97 Å². The predicted molar refractivity (Wildman–Crippen MR) is 89.4 cm³/mol. The van der Waals surface area contributed by atoms with E-state index in [-0.39, 0.29) is 0 Å². The molecule has 5 heteroatoms. The molecule has 0 aliphatic heterocycles. The van der Waals surface area contributed by atoms with E-state index < -0.39 is 0 Å². The molecule has 1 aromatic heterocycles. The Kier molecular flexibility index (Phi) is 5.58. The summed E-state index contributed by atoms with van der Waals surface area (Å²) in [6, 6.07) is 7.94. The summed E-state index contributed by atoms with van der Waals surface area (Å²) in [4.78, 5) is 8.59. The van der Waals surface area contributed by atoms with Crippen molar-refractivity contribution in [1.29, 1.82) is 0 Å². The Labute approximate surface area is 133 Å². The molecule has 4 nitrogen and oxygen atoms in total. The van der Waals surface area contributed by atoms with Crippen LogP contribution in [-0.4, -0.2) is 16.5 Å². The SMILES string of the molecule is CCCc1c(NCC)ncnc1Oc1cccc(I)c1. The number of nitrogens with one attached hydrogen (secondary N) is 1. The van der Waals surface area contributed by atoms with E-state index >= 15 is 0 Å². The Balaban J connectivity index is 2.32. The van der Waals surface area contributed by atoms with E-state index in [4.69, 9.17) is 4.74 Å². The topological polar surface area (TPSA) is 47.0 Å². The number of rotatable bonds is 6. The van der Waals surface area contributed by atoms with Gasteiger partial charge in [-0.15, -0.1) is 0 Å². The number of benzene rings is 1. The van der Waals surface area contributed by atoms with Crippen molar-refractivity contribution in [2.24, 2.45) is 0 Å². The maximum absolute atomic E-state index is 5.93. The van der Waals surface area contributed by atoms with Crippen molar-refractivity contribution in [3.63, 3.8) is 0 Å². The molecule has 0 atom stereocenters. The molecule has 0 aliphatic rings. The highest BCUT2D eigenvalue weighted by atomic mass is 127. The van der Waals surface area contributed by atoms with Gasteiger partial charge in [0.15, 0.2) is 0 Å². The molecule has 0 saturated heterocycles. The molecule has 106 valence electrons. The Morgan fingerprint density at radius 3 is 2.80 bits per heavy atom. The normalized spacial score (nSPS) is 10.3. The largest absolute Gasteiger partial charge is 0.439 e. The van der Waals surface area contributed by atoms with Crippen LogP contribution in [0.3, 0.4) is 0 Å². The lowest BCUT2D eigenvalue weighted by Gasteiger charge is -2.13. The molecule has 1 aromatic carbocycles. The average molecular weight is 383 g/mol. The van der Waals surface area contributed by atoms with Crippen molar-refractivity contribution >= 4 is 28.4 Å². The maximum Gasteiger partial charge on any atom is 0.227 e. The van der Waals surface area contributed by atoms with Gasteiger partial charge in [0.1, 0.15) is 17.9 Å². The first-order valence-corrected chi connectivity index (χ1v) is 7.83. The van der Waals surface area contributed by atoms with Crippen molar-refractivity contribution in [2.75, 3.05) is 11.9 Å². The second kappa shape index (κ2) is 7.42. The van der Waals surface area contributed by atoms with Gasteiger partial charge in [0.2, 0.25) is 5.88 Å². The zero-order chi connectivity index (χ0) is 14.4. The lowest BCUT2D eigenvalue weighted by Crippen LogP contribution is -2.06. The van der Waals surface area contributed by atoms with Gasteiger partial charge in [-0.3, -0.25) is 0 Å². The number of aromatic nitrogens is 2. The van der Waals surface area contributed by atoms with E-state index in [0.717, 1.165) is 40.1 Å². The highest BCUT2D eigenvalue weighted by Crippen LogP contribution is 2.28. The molecule has 0 radical (unpaired) electrons. The monoisotopic (exact) mass is 383 g/mol. The van der Waals surface area contributed by atoms with Crippen LogP contribution in [0.4, 0.5) is 5.82 Å². The first-order chi connectivity index (χ1) is 9.74. The summed E-state index contributed by atoms with van der Waals surface area (Å²) in [5, 5.41) is 3.27. The van der Waals surface area contributed by atoms with Crippen LogP contribution in [-0.2, 0) is 6.42 Å². The molecule has 20 heavy (non-hydrogen) atoms. The number of hydrogen-bond acceptors (Lipinski definition) is 4. The van der Waals surface area contributed by atoms with Gasteiger partial charge in [-0.2, -0.15) is 0 Å². The number of anilines is 1. The van der Waals surface area contributed by atoms with Crippen molar-refractivity contribution in [3.05, 3.63) is 39.7 Å². The van der Waals surface area contributed by atoms with Gasteiger partial charge >= 0.3 is 0 Å². The Hall–Kier alpha value is -1.37. The minimum Gasteiger partial charge on any atom is -0.439 e. The van der Waals surface area contributed by atoms with E-state index in [1.807, 2.05) is 24.3 Å². The zero-order valence-corrected chi connectivity index (χ0v) is 13.8. The van der Waals surface area contributed by atoms with Gasteiger partial charge in [-0.05, 0) is 54.1 Å². The van der Waals surface area contributed by atoms with Crippen molar-refractivity contribution in [1.82, 2.24) is 9.97 Å². The van der Waals surface area contributed by atoms with E-state index in [0.29, 0.717) is 5.88 Å². The standard InChI is InChI=1S/C15H18IN3O/c1-3-6-13-14(17-4-2)18-10-19-15(13)20-12-8-5-7-11(16)9-12/h5,7-10H,3-4,6H2,1-2H3,(H,17,18,19). The van der Waals surface area contributed by atoms with Crippen molar-refractivity contribution in [3.8, 4) is 11.6 Å². The van der Waals surface area contributed by atoms with Crippen LogP contribution in [0.2, 0.25) is 0 Å². The van der Waals surface area contributed by atoms with Crippen LogP contribution in [0.5, 0.6) is 11.6 Å². The van der Waals surface area contributed by atoms with Gasteiger partial charge in [0.05, 0.1) is 5.56 Å². The smallest absolute Gasteiger partial charge is 0.227 e. The molecule has 2 rings (SSSR count). The first kappa shape index (κ1) is 15.0.